The van der Waals surface area contributed by atoms with Crippen molar-refractivity contribution in [2.75, 3.05) is 73.2 Å². The summed E-state index contributed by atoms with van der Waals surface area (Å²) in [6, 6.07) is 3.88. The zero-order valence-corrected chi connectivity index (χ0v) is 23.1. The van der Waals surface area contributed by atoms with Crippen molar-refractivity contribution in [1.29, 1.82) is 0 Å². The van der Waals surface area contributed by atoms with Crippen LogP contribution >= 0.6 is 0 Å². The topological polar surface area (TPSA) is 82.6 Å². The summed E-state index contributed by atoms with van der Waals surface area (Å²) in [6.45, 7) is 9.87. The van der Waals surface area contributed by atoms with Crippen LogP contribution in [0.3, 0.4) is 0 Å². The van der Waals surface area contributed by atoms with Crippen LogP contribution in [-0.2, 0) is 19.6 Å². The number of piperidine rings is 1. The SMILES string of the molecule is COc1cc(C)c(S(=O)(=O)N2CCC[C@H]2COCC(=O)N2CCN(C3CCN(C)CC3)CC2)c(C)c1. The lowest BCUT2D eigenvalue weighted by molar-refractivity contribution is -0.138. The number of aryl methyl sites for hydroxylation is 2. The molecule has 0 radical (unpaired) electrons. The number of sulfonamides is 1. The van der Waals surface area contributed by atoms with Crippen LogP contribution in [0, 0.1) is 13.8 Å². The van der Waals surface area contributed by atoms with E-state index in [1.807, 2.05) is 4.90 Å². The molecule has 0 unspecified atom stereocenters. The Morgan fingerprint density at radius 3 is 2.22 bits per heavy atom. The van der Waals surface area contributed by atoms with Crippen LogP contribution in [0.5, 0.6) is 5.75 Å². The molecule has 0 spiro atoms. The van der Waals surface area contributed by atoms with Gasteiger partial charge in [-0.3, -0.25) is 9.69 Å². The first-order valence-corrected chi connectivity index (χ1v) is 14.6. The average molecular weight is 523 g/mol. The largest absolute Gasteiger partial charge is 0.497 e. The summed E-state index contributed by atoms with van der Waals surface area (Å²) in [5, 5.41) is 0. The molecular weight excluding hydrogens is 480 g/mol. The predicted molar refractivity (Wildman–Crippen MR) is 139 cm³/mol. The van der Waals surface area contributed by atoms with E-state index in [1.165, 1.54) is 12.8 Å². The number of piperazine rings is 1. The first-order valence-electron chi connectivity index (χ1n) is 13.2. The minimum Gasteiger partial charge on any atom is -0.497 e. The molecule has 1 atom stereocenters. The van der Waals surface area contributed by atoms with Crippen molar-refractivity contribution in [2.45, 2.75) is 56.5 Å². The van der Waals surface area contributed by atoms with Crippen molar-refractivity contribution in [2.24, 2.45) is 0 Å². The van der Waals surface area contributed by atoms with Gasteiger partial charge < -0.3 is 19.3 Å². The Bertz CT molecular complexity index is 994. The first-order chi connectivity index (χ1) is 17.2. The van der Waals surface area contributed by atoms with Gasteiger partial charge in [-0.25, -0.2) is 8.42 Å². The Morgan fingerprint density at radius 2 is 1.61 bits per heavy atom. The third-order valence-corrected chi connectivity index (χ3v) is 10.2. The molecule has 3 fully saturated rings. The second-order valence-electron chi connectivity index (χ2n) is 10.5. The summed E-state index contributed by atoms with van der Waals surface area (Å²) in [6.07, 6.45) is 3.92. The van der Waals surface area contributed by atoms with Crippen LogP contribution in [0.15, 0.2) is 17.0 Å². The van der Waals surface area contributed by atoms with Gasteiger partial charge in [0, 0.05) is 44.8 Å². The Hall–Kier alpha value is -1.72. The van der Waals surface area contributed by atoms with E-state index < -0.39 is 10.0 Å². The number of nitrogens with zero attached hydrogens (tertiary/aromatic N) is 4. The summed E-state index contributed by atoms with van der Waals surface area (Å²) in [4.78, 5) is 19.9. The van der Waals surface area contributed by atoms with Gasteiger partial charge in [-0.05, 0) is 82.9 Å². The molecule has 9 nitrogen and oxygen atoms in total. The van der Waals surface area contributed by atoms with Gasteiger partial charge in [0.1, 0.15) is 12.4 Å². The maximum absolute atomic E-state index is 13.6. The fourth-order valence-corrected chi connectivity index (χ4v) is 8.01. The van der Waals surface area contributed by atoms with Crippen LogP contribution in [0.25, 0.3) is 0 Å². The molecule has 4 rings (SSSR count). The van der Waals surface area contributed by atoms with Crippen LogP contribution < -0.4 is 4.74 Å². The van der Waals surface area contributed by atoms with Crippen molar-refractivity contribution in [3.8, 4) is 5.75 Å². The van der Waals surface area contributed by atoms with Crippen LogP contribution in [0.4, 0.5) is 0 Å². The minimum atomic E-state index is -3.67. The van der Waals surface area contributed by atoms with Gasteiger partial charge in [0.15, 0.2) is 0 Å². The monoisotopic (exact) mass is 522 g/mol. The van der Waals surface area contributed by atoms with Crippen LogP contribution in [-0.4, -0.2) is 119 Å². The molecule has 36 heavy (non-hydrogen) atoms. The van der Waals surface area contributed by atoms with Crippen molar-refractivity contribution < 1.29 is 22.7 Å². The Morgan fingerprint density at radius 1 is 0.972 bits per heavy atom. The molecule has 3 aliphatic heterocycles. The summed E-state index contributed by atoms with van der Waals surface area (Å²) < 4.78 is 39.8. The molecule has 1 aromatic carbocycles. The number of likely N-dealkylation sites (tertiary alicyclic amines) is 1. The average Bonchev–Trinajstić information content (AvgIpc) is 3.33. The van der Waals surface area contributed by atoms with E-state index in [-0.39, 0.29) is 25.2 Å². The quantitative estimate of drug-likeness (QED) is 0.514. The van der Waals surface area contributed by atoms with Crippen molar-refractivity contribution in [1.82, 2.24) is 19.0 Å². The van der Waals surface area contributed by atoms with Crippen molar-refractivity contribution in [3.05, 3.63) is 23.3 Å². The second kappa shape index (κ2) is 11.8. The van der Waals surface area contributed by atoms with Gasteiger partial charge in [0.25, 0.3) is 0 Å². The van der Waals surface area contributed by atoms with E-state index in [0.717, 1.165) is 52.1 Å². The molecule has 3 heterocycles. The minimum absolute atomic E-state index is 0.000791. The number of carbonyl (C=O) groups is 1. The fourth-order valence-electron chi connectivity index (χ4n) is 5.91. The Kier molecular flexibility index (Phi) is 8.93. The number of ether oxygens (including phenoxy) is 2. The molecule has 1 aromatic rings. The van der Waals surface area contributed by atoms with E-state index in [9.17, 15) is 13.2 Å². The van der Waals surface area contributed by atoms with E-state index in [2.05, 4.69) is 16.8 Å². The summed E-state index contributed by atoms with van der Waals surface area (Å²) >= 11 is 0. The third kappa shape index (κ3) is 6.05. The first kappa shape index (κ1) is 27.3. The molecule has 0 N–H and O–H groups in total. The highest BCUT2D eigenvalue weighted by Gasteiger charge is 2.37. The van der Waals surface area contributed by atoms with E-state index in [0.29, 0.717) is 34.4 Å². The third-order valence-electron chi connectivity index (χ3n) is 7.97. The molecule has 0 aromatic heterocycles. The fraction of sp³-hybridized carbons (Fsp3) is 0.731. The number of benzene rings is 1. The van der Waals surface area contributed by atoms with E-state index in [1.54, 1.807) is 37.4 Å². The molecule has 10 heteroatoms. The molecular formula is C26H42N4O5S. The highest BCUT2D eigenvalue weighted by Crippen LogP contribution is 2.32. The van der Waals surface area contributed by atoms with Gasteiger partial charge in [-0.2, -0.15) is 4.31 Å². The van der Waals surface area contributed by atoms with Gasteiger partial charge in [0.05, 0.1) is 18.6 Å². The maximum atomic E-state index is 13.6. The lowest BCUT2D eigenvalue weighted by atomic mass is 10.0. The lowest BCUT2D eigenvalue weighted by Gasteiger charge is -2.42. The summed E-state index contributed by atoms with van der Waals surface area (Å²) in [5.74, 6) is 0.642. The molecule has 3 saturated heterocycles. The number of rotatable bonds is 8. The van der Waals surface area contributed by atoms with Gasteiger partial charge in [-0.15, -0.1) is 0 Å². The second-order valence-corrected chi connectivity index (χ2v) is 12.3. The smallest absolute Gasteiger partial charge is 0.248 e. The maximum Gasteiger partial charge on any atom is 0.248 e. The zero-order chi connectivity index (χ0) is 25.9. The van der Waals surface area contributed by atoms with Crippen molar-refractivity contribution in [3.63, 3.8) is 0 Å². The summed E-state index contributed by atoms with van der Waals surface area (Å²) in [7, 11) is 0.0794. The van der Waals surface area contributed by atoms with Gasteiger partial charge in [0.2, 0.25) is 15.9 Å². The number of amides is 1. The highest BCUT2D eigenvalue weighted by atomic mass is 32.2. The standard InChI is InChI=1S/C26H42N4O5S/c1-20-16-24(34-4)17-21(2)26(20)36(32,33)30-9-5-6-23(30)18-35-19-25(31)29-14-12-28(13-15-29)22-7-10-27(3)11-8-22/h16-17,22-23H,5-15,18-19H2,1-4H3/t23-/m0/s1. The zero-order valence-electron chi connectivity index (χ0n) is 22.2. The molecule has 202 valence electrons. The van der Waals surface area contributed by atoms with Crippen LogP contribution in [0.2, 0.25) is 0 Å². The molecule has 1 amide bonds. The molecule has 0 aliphatic carbocycles. The van der Waals surface area contributed by atoms with Gasteiger partial charge >= 0.3 is 0 Å². The Labute approximate surface area is 216 Å². The number of hydrogen-bond acceptors (Lipinski definition) is 7. The summed E-state index contributed by atoms with van der Waals surface area (Å²) in [5.41, 5.74) is 1.35. The van der Waals surface area contributed by atoms with Gasteiger partial charge in [-0.1, -0.05) is 0 Å². The normalized spacial score (nSPS) is 23.3. The molecule has 3 aliphatic rings. The Balaban J connectivity index is 1.27. The number of methoxy groups -OCH3 is 1. The number of carbonyl (C=O) groups excluding carboxylic acids is 1. The van der Waals surface area contributed by atoms with E-state index >= 15 is 0 Å². The predicted octanol–water partition coefficient (Wildman–Crippen LogP) is 1.72. The lowest BCUT2D eigenvalue weighted by Crippen LogP contribution is -2.54. The molecule has 0 saturated carbocycles. The number of hydrogen-bond donors (Lipinski definition) is 0. The van der Waals surface area contributed by atoms with E-state index in [4.69, 9.17) is 9.47 Å². The highest BCUT2D eigenvalue weighted by molar-refractivity contribution is 7.89. The molecule has 0 bridgehead atoms. The van der Waals surface area contributed by atoms with Crippen LogP contribution in [0.1, 0.15) is 36.8 Å². The van der Waals surface area contributed by atoms with Crippen molar-refractivity contribution >= 4 is 15.9 Å².